The topological polar surface area (TPSA) is 42.3 Å². The van der Waals surface area contributed by atoms with Crippen molar-refractivity contribution in [2.24, 2.45) is 0 Å². The van der Waals surface area contributed by atoms with E-state index in [1.165, 1.54) is 6.07 Å². The molecule has 2 aromatic carbocycles. The maximum atomic E-state index is 13.4. The van der Waals surface area contributed by atoms with Gasteiger partial charge in [-0.2, -0.15) is 13.2 Å². The predicted octanol–water partition coefficient (Wildman–Crippen LogP) is 6.07. The third kappa shape index (κ3) is 4.66. The third-order valence-electron chi connectivity index (χ3n) is 6.24. The second-order valence-electron chi connectivity index (χ2n) is 8.45. The van der Waals surface area contributed by atoms with Crippen LogP contribution in [0.4, 0.5) is 13.2 Å². The Kier molecular flexibility index (Phi) is 6.40. The number of aromatic nitrogens is 2. The smallest absolute Gasteiger partial charge is 0.416 e. The molecule has 184 valence electrons. The molecule has 0 saturated carbocycles. The number of halogens is 3. The Hall–Kier alpha value is -3.85. The quantitative estimate of drug-likeness (QED) is 0.320. The molecule has 5 rings (SSSR count). The zero-order valence-electron chi connectivity index (χ0n) is 19.3. The summed E-state index contributed by atoms with van der Waals surface area (Å²) in [6, 6.07) is 21.8. The molecular formula is C27H23F3N4OS. The number of methoxy groups -OCH3 is 1. The van der Waals surface area contributed by atoms with Crippen molar-refractivity contribution in [2.45, 2.75) is 24.8 Å². The average molecular weight is 509 g/mol. The molecule has 5 nitrogen and oxygen atoms in total. The molecule has 4 aromatic rings. The van der Waals surface area contributed by atoms with Crippen LogP contribution in [0.2, 0.25) is 0 Å². The second kappa shape index (κ2) is 9.66. The van der Waals surface area contributed by atoms with Crippen LogP contribution in [0.25, 0.3) is 5.69 Å². The Morgan fingerprint density at radius 2 is 1.81 bits per heavy atom. The molecular weight excluding hydrogens is 485 g/mol. The van der Waals surface area contributed by atoms with Gasteiger partial charge in [-0.25, -0.2) is 0 Å². The highest BCUT2D eigenvalue weighted by molar-refractivity contribution is 7.80. The molecule has 1 aliphatic heterocycles. The molecule has 36 heavy (non-hydrogen) atoms. The van der Waals surface area contributed by atoms with Crippen molar-refractivity contribution in [3.8, 4) is 11.4 Å². The lowest BCUT2D eigenvalue weighted by Crippen LogP contribution is -2.30. The SMILES string of the molecule is COc1ccc(CN2C(=S)N[C@@H](c3ccccn3)[C@H]2c2cccn2-c2cccc(C(F)(F)F)c2)cc1. The van der Waals surface area contributed by atoms with Crippen LogP contribution in [-0.2, 0) is 12.7 Å². The first kappa shape index (κ1) is 23.9. The number of hydrogen-bond acceptors (Lipinski definition) is 3. The zero-order chi connectivity index (χ0) is 25.3. The van der Waals surface area contributed by atoms with E-state index in [1.54, 1.807) is 30.1 Å². The van der Waals surface area contributed by atoms with E-state index in [4.69, 9.17) is 17.0 Å². The first-order chi connectivity index (χ1) is 17.3. The number of hydrogen-bond donors (Lipinski definition) is 1. The highest BCUT2D eigenvalue weighted by Gasteiger charge is 2.41. The van der Waals surface area contributed by atoms with Crippen molar-refractivity contribution < 1.29 is 17.9 Å². The minimum Gasteiger partial charge on any atom is -0.497 e. The minimum atomic E-state index is -4.43. The maximum Gasteiger partial charge on any atom is 0.416 e. The number of ether oxygens (including phenoxy) is 1. The second-order valence-corrected chi connectivity index (χ2v) is 8.84. The molecule has 0 unspecified atom stereocenters. The van der Waals surface area contributed by atoms with Crippen molar-refractivity contribution >= 4 is 17.3 Å². The highest BCUT2D eigenvalue weighted by Crippen LogP contribution is 2.41. The van der Waals surface area contributed by atoms with E-state index in [9.17, 15) is 13.2 Å². The summed E-state index contributed by atoms with van der Waals surface area (Å²) in [5, 5.41) is 3.94. The molecule has 9 heteroatoms. The van der Waals surface area contributed by atoms with Gasteiger partial charge >= 0.3 is 6.18 Å². The monoisotopic (exact) mass is 508 g/mol. The summed E-state index contributed by atoms with van der Waals surface area (Å²) in [6.07, 6.45) is -0.945. The summed E-state index contributed by atoms with van der Waals surface area (Å²) in [5.41, 5.74) is 2.33. The fourth-order valence-corrected chi connectivity index (χ4v) is 4.83. The summed E-state index contributed by atoms with van der Waals surface area (Å²) in [6.45, 7) is 0.498. The standard InChI is InChI=1S/C27H23F3N4OS/c1-35-21-12-10-18(11-13-21)17-34-25(24(32-26(34)36)22-8-2-3-14-31-22)23-9-5-15-33(23)20-7-4-6-19(16-20)27(28,29)30/h2-16,24-25H,17H2,1H3,(H,32,36)/t24-,25+/m0/s1. The van der Waals surface area contributed by atoms with Gasteiger partial charge in [-0.15, -0.1) is 0 Å². The highest BCUT2D eigenvalue weighted by atomic mass is 32.1. The minimum absolute atomic E-state index is 0.295. The molecule has 0 amide bonds. The van der Waals surface area contributed by atoms with Crippen LogP contribution in [0, 0.1) is 0 Å². The Bertz CT molecular complexity index is 1360. The Balaban J connectivity index is 1.58. The number of nitrogens with zero attached hydrogens (tertiary/aromatic N) is 3. The third-order valence-corrected chi connectivity index (χ3v) is 6.60. The number of benzene rings is 2. The van der Waals surface area contributed by atoms with Gasteiger partial charge in [-0.3, -0.25) is 4.98 Å². The molecule has 0 aliphatic carbocycles. The molecule has 1 N–H and O–H groups in total. The lowest BCUT2D eigenvalue weighted by molar-refractivity contribution is -0.137. The van der Waals surface area contributed by atoms with Gasteiger partial charge in [0, 0.05) is 30.3 Å². The van der Waals surface area contributed by atoms with E-state index >= 15 is 0 Å². The van der Waals surface area contributed by atoms with E-state index in [-0.39, 0.29) is 12.1 Å². The van der Waals surface area contributed by atoms with E-state index in [2.05, 4.69) is 15.2 Å². The number of thiocarbonyl (C=S) groups is 1. The molecule has 2 aromatic heterocycles. The number of nitrogens with one attached hydrogen (secondary N) is 1. The van der Waals surface area contributed by atoms with Crippen LogP contribution in [0.1, 0.15) is 34.6 Å². The van der Waals surface area contributed by atoms with Gasteiger partial charge in [0.1, 0.15) is 5.75 Å². The van der Waals surface area contributed by atoms with Gasteiger partial charge in [0.2, 0.25) is 0 Å². The molecule has 3 heterocycles. The van der Waals surface area contributed by atoms with Gasteiger partial charge in [0.25, 0.3) is 0 Å². The van der Waals surface area contributed by atoms with E-state index in [0.29, 0.717) is 17.3 Å². The summed E-state index contributed by atoms with van der Waals surface area (Å²) in [4.78, 5) is 6.60. The predicted molar refractivity (Wildman–Crippen MR) is 135 cm³/mol. The first-order valence-corrected chi connectivity index (χ1v) is 11.7. The molecule has 1 aliphatic rings. The molecule has 1 saturated heterocycles. The molecule has 0 bridgehead atoms. The van der Waals surface area contributed by atoms with E-state index in [0.717, 1.165) is 34.8 Å². The number of rotatable bonds is 6. The van der Waals surface area contributed by atoms with Gasteiger partial charge < -0.3 is 19.5 Å². The Morgan fingerprint density at radius 3 is 2.50 bits per heavy atom. The fraction of sp³-hybridized carbons (Fsp3) is 0.185. The lowest BCUT2D eigenvalue weighted by atomic mass is 10.0. The van der Waals surface area contributed by atoms with Gasteiger partial charge in [-0.1, -0.05) is 24.3 Å². The van der Waals surface area contributed by atoms with Crippen LogP contribution in [0.15, 0.2) is 91.3 Å². The maximum absolute atomic E-state index is 13.4. The largest absolute Gasteiger partial charge is 0.497 e. The normalized spacial score (nSPS) is 17.8. The van der Waals surface area contributed by atoms with Crippen molar-refractivity contribution in [3.63, 3.8) is 0 Å². The lowest BCUT2D eigenvalue weighted by Gasteiger charge is -2.29. The average Bonchev–Trinajstić information content (AvgIpc) is 3.49. The van der Waals surface area contributed by atoms with Crippen LogP contribution in [0.5, 0.6) is 5.75 Å². The van der Waals surface area contributed by atoms with Crippen molar-refractivity contribution in [1.29, 1.82) is 0 Å². The molecule has 0 radical (unpaired) electrons. The van der Waals surface area contributed by atoms with Crippen LogP contribution < -0.4 is 10.1 Å². The molecule has 1 fully saturated rings. The Labute approximate surface area is 212 Å². The van der Waals surface area contributed by atoms with Crippen LogP contribution in [-0.4, -0.2) is 26.7 Å². The fourth-order valence-electron chi connectivity index (χ4n) is 4.53. The van der Waals surface area contributed by atoms with Gasteiger partial charge in [0.15, 0.2) is 5.11 Å². The summed E-state index contributed by atoms with van der Waals surface area (Å²) in [7, 11) is 1.62. The Morgan fingerprint density at radius 1 is 1.00 bits per heavy atom. The number of alkyl halides is 3. The van der Waals surface area contributed by atoms with Gasteiger partial charge in [-0.05, 0) is 72.4 Å². The van der Waals surface area contributed by atoms with Crippen molar-refractivity contribution in [3.05, 3.63) is 114 Å². The van der Waals surface area contributed by atoms with Gasteiger partial charge in [0.05, 0.1) is 30.5 Å². The first-order valence-electron chi connectivity index (χ1n) is 11.3. The summed E-state index contributed by atoms with van der Waals surface area (Å²) >= 11 is 5.75. The summed E-state index contributed by atoms with van der Waals surface area (Å²) in [5.74, 6) is 0.752. The van der Waals surface area contributed by atoms with E-state index < -0.39 is 11.7 Å². The molecule has 2 atom stereocenters. The van der Waals surface area contributed by atoms with Crippen LogP contribution >= 0.6 is 12.2 Å². The van der Waals surface area contributed by atoms with Crippen LogP contribution in [0.3, 0.4) is 0 Å². The van der Waals surface area contributed by atoms with E-state index in [1.807, 2.05) is 54.6 Å². The molecule has 0 spiro atoms. The zero-order valence-corrected chi connectivity index (χ0v) is 20.1. The van der Waals surface area contributed by atoms with Crippen molar-refractivity contribution in [1.82, 2.24) is 19.8 Å². The summed E-state index contributed by atoms with van der Waals surface area (Å²) < 4.78 is 47.4. The number of pyridine rings is 1. The van der Waals surface area contributed by atoms with Crippen molar-refractivity contribution in [2.75, 3.05) is 7.11 Å².